The van der Waals surface area contributed by atoms with Crippen LogP contribution in [0.5, 0.6) is 0 Å². The van der Waals surface area contributed by atoms with Crippen LogP contribution >= 0.6 is 0 Å². The topological polar surface area (TPSA) is 74.8 Å². The third kappa shape index (κ3) is 7.60. The number of ether oxygens (including phenoxy) is 1. The molecular weight excluding hydrogens is 461 g/mol. The summed E-state index contributed by atoms with van der Waals surface area (Å²) in [6.45, 7) is 5.98. The van der Waals surface area contributed by atoms with Gasteiger partial charge in [0, 0.05) is 37.7 Å². The molecule has 190 valence electrons. The van der Waals surface area contributed by atoms with Crippen molar-refractivity contribution >= 4 is 23.4 Å². The number of hydrogen-bond acceptors (Lipinski definition) is 5. The van der Waals surface area contributed by atoms with E-state index in [1.165, 1.54) is 18.2 Å². The number of hydrogen-bond donors (Lipinski definition) is 1. The average molecular weight is 493 g/mol. The lowest BCUT2D eigenvalue weighted by Gasteiger charge is -2.34. The molecule has 2 aromatic rings. The summed E-state index contributed by atoms with van der Waals surface area (Å²) in [5.74, 6) is -0.0755. The zero-order chi connectivity index (χ0) is 25.6. The quantitative estimate of drug-likeness (QED) is 0.601. The van der Waals surface area contributed by atoms with Gasteiger partial charge in [-0.15, -0.1) is 0 Å². The highest BCUT2D eigenvalue weighted by Crippen LogP contribution is 2.37. The highest BCUT2D eigenvalue weighted by Gasteiger charge is 2.38. The Hall–Kier alpha value is -3.30. The molecule has 1 aliphatic rings. The molecule has 0 atom stereocenters. The van der Waals surface area contributed by atoms with Gasteiger partial charge in [-0.1, -0.05) is 12.1 Å². The summed E-state index contributed by atoms with van der Waals surface area (Å²) in [5.41, 5.74) is -1.38. The van der Waals surface area contributed by atoms with Crippen LogP contribution in [0.15, 0.2) is 48.8 Å². The van der Waals surface area contributed by atoms with Gasteiger partial charge in [-0.25, -0.2) is 4.79 Å². The van der Waals surface area contributed by atoms with E-state index in [4.69, 9.17) is 4.74 Å². The van der Waals surface area contributed by atoms with Gasteiger partial charge in [-0.2, -0.15) is 13.2 Å². The maximum atomic E-state index is 13.7. The Kier molecular flexibility index (Phi) is 8.24. The van der Waals surface area contributed by atoms with Gasteiger partial charge < -0.3 is 15.0 Å². The van der Waals surface area contributed by atoms with Crippen LogP contribution in [-0.2, 0) is 15.7 Å². The number of amides is 2. The summed E-state index contributed by atoms with van der Waals surface area (Å²) in [6, 6.07) is 8.46. The number of halogens is 3. The van der Waals surface area contributed by atoms with Crippen molar-refractivity contribution in [3.05, 3.63) is 54.4 Å². The minimum atomic E-state index is -4.69. The van der Waals surface area contributed by atoms with Gasteiger partial charge in [0.2, 0.25) is 5.91 Å². The van der Waals surface area contributed by atoms with Crippen molar-refractivity contribution in [2.75, 3.05) is 36.4 Å². The number of carbonyl (C=O) groups excluding carboxylic acids is 2. The van der Waals surface area contributed by atoms with Crippen molar-refractivity contribution in [2.45, 2.75) is 45.4 Å². The lowest BCUT2D eigenvalue weighted by atomic mass is 9.96. The number of nitrogens with one attached hydrogen (secondary N) is 1. The molecule has 0 bridgehead atoms. The molecule has 1 aromatic heterocycles. The molecule has 10 heteroatoms. The maximum Gasteiger partial charge on any atom is 0.418 e. The zero-order valence-corrected chi connectivity index (χ0v) is 20.1. The Balaban J connectivity index is 1.68. The molecule has 0 unspecified atom stereocenters. The van der Waals surface area contributed by atoms with Crippen LogP contribution in [0.3, 0.4) is 0 Å². The second kappa shape index (κ2) is 11.0. The highest BCUT2D eigenvalue weighted by molar-refractivity contribution is 5.96. The third-order valence-electron chi connectivity index (χ3n) is 5.65. The van der Waals surface area contributed by atoms with Gasteiger partial charge in [-0.3, -0.25) is 14.7 Å². The number of aromatic nitrogens is 1. The summed E-state index contributed by atoms with van der Waals surface area (Å²) in [5, 5.41) is 3.35. The number of nitrogens with zero attached hydrogens (tertiary/aromatic N) is 3. The smallest absolute Gasteiger partial charge is 0.418 e. The number of piperidine rings is 1. The summed E-state index contributed by atoms with van der Waals surface area (Å²) in [4.78, 5) is 32.3. The van der Waals surface area contributed by atoms with Crippen molar-refractivity contribution in [3.63, 3.8) is 0 Å². The number of pyridine rings is 1. The summed E-state index contributed by atoms with van der Waals surface area (Å²) >= 11 is 0. The van der Waals surface area contributed by atoms with Gasteiger partial charge in [-0.05, 0) is 63.8 Å². The van der Waals surface area contributed by atoms with E-state index in [9.17, 15) is 22.8 Å². The Bertz CT molecular complexity index is 1000. The number of likely N-dealkylation sites (tertiary alicyclic amines) is 1. The van der Waals surface area contributed by atoms with Gasteiger partial charge in [0.15, 0.2) is 0 Å². The fourth-order valence-corrected chi connectivity index (χ4v) is 3.87. The maximum absolute atomic E-state index is 13.7. The van der Waals surface area contributed by atoms with Crippen LogP contribution in [0.25, 0.3) is 0 Å². The van der Waals surface area contributed by atoms with Crippen LogP contribution in [0.1, 0.15) is 39.2 Å². The molecule has 35 heavy (non-hydrogen) atoms. The van der Waals surface area contributed by atoms with Gasteiger partial charge in [0.1, 0.15) is 12.1 Å². The van der Waals surface area contributed by atoms with Crippen molar-refractivity contribution in [1.29, 1.82) is 0 Å². The number of rotatable bonds is 6. The zero-order valence-electron chi connectivity index (χ0n) is 20.1. The molecule has 1 fully saturated rings. The molecule has 1 aliphatic heterocycles. The van der Waals surface area contributed by atoms with Crippen molar-refractivity contribution < 1.29 is 27.5 Å². The monoisotopic (exact) mass is 492 g/mol. The van der Waals surface area contributed by atoms with Crippen LogP contribution in [-0.4, -0.2) is 53.7 Å². The Morgan fingerprint density at radius 3 is 2.31 bits per heavy atom. The molecular formula is C25H31F3N4O3. The first-order chi connectivity index (χ1) is 16.4. The van der Waals surface area contributed by atoms with E-state index in [0.29, 0.717) is 19.0 Å². The van der Waals surface area contributed by atoms with E-state index < -0.39 is 41.6 Å². The molecule has 1 N–H and O–H groups in total. The van der Waals surface area contributed by atoms with E-state index in [-0.39, 0.29) is 0 Å². The predicted molar refractivity (Wildman–Crippen MR) is 127 cm³/mol. The minimum absolute atomic E-state index is 0.347. The molecule has 0 radical (unpaired) electrons. The summed E-state index contributed by atoms with van der Waals surface area (Å²) in [6.07, 6.45) is -0.794. The fourth-order valence-electron chi connectivity index (χ4n) is 3.87. The Labute approximate surface area is 203 Å². The van der Waals surface area contributed by atoms with Crippen LogP contribution in [0, 0.1) is 5.92 Å². The second-order valence-corrected chi connectivity index (χ2v) is 9.52. The first-order valence-electron chi connectivity index (χ1n) is 11.5. The van der Waals surface area contributed by atoms with Crippen molar-refractivity contribution in [3.8, 4) is 0 Å². The summed E-state index contributed by atoms with van der Waals surface area (Å²) in [7, 11) is 0. The largest absolute Gasteiger partial charge is 0.443 e. The van der Waals surface area contributed by atoms with Crippen LogP contribution < -0.4 is 10.2 Å². The number of para-hydroxylation sites is 1. The Morgan fingerprint density at radius 1 is 1.09 bits per heavy atom. The fraction of sp³-hybridized carbons (Fsp3) is 0.480. The van der Waals surface area contributed by atoms with E-state index in [0.717, 1.165) is 36.0 Å². The van der Waals surface area contributed by atoms with Crippen molar-refractivity contribution in [1.82, 2.24) is 9.88 Å². The molecule has 2 amide bonds. The molecule has 2 heterocycles. The lowest BCUT2D eigenvalue weighted by Crippen LogP contribution is -2.48. The molecule has 0 aliphatic carbocycles. The molecule has 1 saturated heterocycles. The number of carbonyl (C=O) groups is 2. The first kappa shape index (κ1) is 26.3. The normalized spacial score (nSPS) is 15.0. The number of anilines is 2. The van der Waals surface area contributed by atoms with Crippen molar-refractivity contribution in [2.24, 2.45) is 5.92 Å². The van der Waals surface area contributed by atoms with Gasteiger partial charge >= 0.3 is 12.3 Å². The average Bonchev–Trinajstić information content (AvgIpc) is 2.80. The number of alkyl halides is 3. The third-order valence-corrected chi connectivity index (χ3v) is 5.65. The van der Waals surface area contributed by atoms with E-state index in [1.54, 1.807) is 38.1 Å². The molecule has 0 spiro atoms. The molecule has 1 aromatic carbocycles. The minimum Gasteiger partial charge on any atom is -0.443 e. The van der Waals surface area contributed by atoms with E-state index in [1.807, 2.05) is 12.1 Å². The predicted octanol–water partition coefficient (Wildman–Crippen LogP) is 5.19. The van der Waals surface area contributed by atoms with Gasteiger partial charge in [0.05, 0.1) is 11.3 Å². The lowest BCUT2D eigenvalue weighted by molar-refractivity contribution is -0.137. The van der Waals surface area contributed by atoms with Crippen LogP contribution in [0.4, 0.5) is 29.3 Å². The number of benzene rings is 1. The Morgan fingerprint density at radius 2 is 1.71 bits per heavy atom. The van der Waals surface area contributed by atoms with Gasteiger partial charge in [0.25, 0.3) is 0 Å². The summed E-state index contributed by atoms with van der Waals surface area (Å²) < 4.78 is 46.3. The van der Waals surface area contributed by atoms with E-state index >= 15 is 0 Å². The first-order valence-corrected chi connectivity index (χ1v) is 11.5. The van der Waals surface area contributed by atoms with Crippen LogP contribution in [0.2, 0.25) is 0 Å². The standard InChI is InChI=1S/C25H31F3N4O3/c1-24(2,3)35-23(34)32(21-7-5-4-6-20(21)25(26,27)28)17-22(33)31-14-10-18(11-15-31)16-30-19-8-12-29-13-9-19/h4-9,12-13,18H,10-11,14-17H2,1-3H3,(H,29,30). The molecule has 7 nitrogen and oxygen atoms in total. The molecule has 3 rings (SSSR count). The SMILES string of the molecule is CC(C)(C)OC(=O)N(CC(=O)N1CCC(CNc2ccncc2)CC1)c1ccccc1C(F)(F)F. The van der Waals surface area contributed by atoms with E-state index in [2.05, 4.69) is 10.3 Å². The second-order valence-electron chi connectivity index (χ2n) is 9.52. The highest BCUT2D eigenvalue weighted by atomic mass is 19.4. The molecule has 0 saturated carbocycles.